The second-order valence-electron chi connectivity index (χ2n) is 7.64. The van der Waals surface area contributed by atoms with Crippen molar-refractivity contribution in [3.8, 4) is 0 Å². The summed E-state index contributed by atoms with van der Waals surface area (Å²) >= 11 is 0. The number of pyridine rings is 1. The lowest BCUT2D eigenvalue weighted by molar-refractivity contribution is -0.605. The number of hydrogen-bond donors (Lipinski definition) is 0. The SMILES string of the molecule is CCCC(=O)C(=O)N1CCCC1C(=O)C(C)(C)CCc1cc[n+]([O-])cc1. The van der Waals surface area contributed by atoms with Crippen molar-refractivity contribution in [3.63, 3.8) is 0 Å². The monoisotopic (exact) mass is 360 g/mol. The van der Waals surface area contributed by atoms with Gasteiger partial charge in [-0.2, -0.15) is 4.73 Å². The zero-order valence-electron chi connectivity index (χ0n) is 15.9. The number of carbonyl (C=O) groups is 3. The molecule has 0 spiro atoms. The Labute approximate surface area is 154 Å². The first-order chi connectivity index (χ1) is 12.3. The number of ketones is 2. The van der Waals surface area contributed by atoms with Gasteiger partial charge in [-0.25, -0.2) is 0 Å². The third-order valence-corrected chi connectivity index (χ3v) is 5.11. The molecule has 0 aliphatic carbocycles. The highest BCUT2D eigenvalue weighted by atomic mass is 16.5. The highest BCUT2D eigenvalue weighted by molar-refractivity contribution is 6.36. The molecule has 0 bridgehead atoms. The van der Waals surface area contributed by atoms with E-state index in [0.717, 1.165) is 16.7 Å². The van der Waals surface area contributed by atoms with E-state index in [1.54, 1.807) is 12.1 Å². The van der Waals surface area contributed by atoms with Crippen LogP contribution in [0.2, 0.25) is 0 Å². The van der Waals surface area contributed by atoms with Crippen LogP contribution in [0.3, 0.4) is 0 Å². The van der Waals surface area contributed by atoms with E-state index in [9.17, 15) is 19.6 Å². The second-order valence-corrected chi connectivity index (χ2v) is 7.64. The Morgan fingerprint density at radius 1 is 1.27 bits per heavy atom. The summed E-state index contributed by atoms with van der Waals surface area (Å²) in [7, 11) is 0. The van der Waals surface area contributed by atoms with Gasteiger partial charge in [0.15, 0.2) is 18.2 Å². The van der Waals surface area contributed by atoms with Crippen molar-refractivity contribution in [3.05, 3.63) is 35.3 Å². The quantitative estimate of drug-likeness (QED) is 0.404. The highest BCUT2D eigenvalue weighted by Crippen LogP contribution is 2.31. The summed E-state index contributed by atoms with van der Waals surface area (Å²) in [6.07, 6.45) is 6.41. The molecule has 6 nitrogen and oxygen atoms in total. The van der Waals surface area contributed by atoms with Crippen molar-refractivity contribution in [1.29, 1.82) is 0 Å². The number of aromatic nitrogens is 1. The Morgan fingerprint density at radius 2 is 1.92 bits per heavy atom. The van der Waals surface area contributed by atoms with Gasteiger partial charge in [0.25, 0.3) is 5.91 Å². The number of nitrogens with zero attached hydrogens (tertiary/aromatic N) is 2. The average molecular weight is 360 g/mol. The maximum absolute atomic E-state index is 13.1. The molecule has 1 amide bonds. The lowest BCUT2D eigenvalue weighted by Gasteiger charge is -2.31. The fourth-order valence-corrected chi connectivity index (χ4v) is 3.42. The van der Waals surface area contributed by atoms with Crippen LogP contribution >= 0.6 is 0 Å². The predicted molar refractivity (Wildman–Crippen MR) is 97.2 cm³/mol. The molecule has 0 aromatic carbocycles. The Hall–Kier alpha value is -2.24. The van der Waals surface area contributed by atoms with E-state index in [1.165, 1.54) is 17.3 Å². The van der Waals surface area contributed by atoms with Gasteiger partial charge in [-0.1, -0.05) is 20.8 Å². The number of rotatable bonds is 8. The standard InChI is InChI=1S/C20H28N2O4/c1-4-6-17(23)19(25)22-12-5-7-16(22)18(24)20(2,3)11-8-15-9-13-21(26)14-10-15/h9-10,13-14,16H,4-8,11-12H2,1-3H3. The molecule has 1 unspecified atom stereocenters. The first-order valence-corrected chi connectivity index (χ1v) is 9.32. The van der Waals surface area contributed by atoms with Crippen LogP contribution in [-0.4, -0.2) is 35.0 Å². The molecule has 6 heteroatoms. The number of likely N-dealkylation sites (tertiary alicyclic amines) is 1. The van der Waals surface area contributed by atoms with Crippen molar-refractivity contribution >= 4 is 17.5 Å². The van der Waals surface area contributed by atoms with Crippen LogP contribution in [0.5, 0.6) is 0 Å². The normalized spacial score (nSPS) is 17.3. The molecule has 1 aromatic heterocycles. The van der Waals surface area contributed by atoms with Gasteiger partial charge in [0.05, 0.1) is 6.04 Å². The molecular formula is C20H28N2O4. The summed E-state index contributed by atoms with van der Waals surface area (Å²) in [4.78, 5) is 38.9. The molecule has 2 rings (SSSR count). The summed E-state index contributed by atoms with van der Waals surface area (Å²) in [6, 6.07) is 3.00. The zero-order valence-corrected chi connectivity index (χ0v) is 15.9. The van der Waals surface area contributed by atoms with Crippen LogP contribution < -0.4 is 4.73 Å². The van der Waals surface area contributed by atoms with E-state index >= 15 is 0 Å². The van der Waals surface area contributed by atoms with Gasteiger partial charge in [0.1, 0.15) is 0 Å². The van der Waals surface area contributed by atoms with Crippen molar-refractivity contribution < 1.29 is 19.1 Å². The fraction of sp³-hybridized carbons (Fsp3) is 0.600. The zero-order chi connectivity index (χ0) is 19.3. The molecule has 2 heterocycles. The Morgan fingerprint density at radius 3 is 2.54 bits per heavy atom. The molecular weight excluding hydrogens is 332 g/mol. The highest BCUT2D eigenvalue weighted by Gasteiger charge is 2.41. The van der Waals surface area contributed by atoms with Gasteiger partial charge < -0.3 is 10.1 Å². The molecule has 0 radical (unpaired) electrons. The van der Waals surface area contributed by atoms with E-state index in [-0.39, 0.29) is 12.2 Å². The number of hydrogen-bond acceptors (Lipinski definition) is 4. The minimum Gasteiger partial charge on any atom is -0.619 e. The minimum atomic E-state index is -0.607. The van der Waals surface area contributed by atoms with Crippen molar-refractivity contribution in [2.75, 3.05) is 6.54 Å². The van der Waals surface area contributed by atoms with Crippen LogP contribution in [-0.2, 0) is 20.8 Å². The number of aryl methyl sites for hydroxylation is 1. The summed E-state index contributed by atoms with van der Waals surface area (Å²) in [6.45, 7) is 6.11. The smallest absolute Gasteiger partial charge is 0.290 e. The second kappa shape index (κ2) is 8.43. The Kier molecular flexibility index (Phi) is 6.51. The molecule has 26 heavy (non-hydrogen) atoms. The first-order valence-electron chi connectivity index (χ1n) is 9.32. The maximum Gasteiger partial charge on any atom is 0.290 e. The largest absolute Gasteiger partial charge is 0.619 e. The van der Waals surface area contributed by atoms with E-state index in [0.29, 0.717) is 32.2 Å². The predicted octanol–water partition coefficient (Wildman–Crippen LogP) is 2.21. The van der Waals surface area contributed by atoms with Crippen molar-refractivity contribution in [2.24, 2.45) is 5.41 Å². The summed E-state index contributed by atoms with van der Waals surface area (Å²) < 4.78 is 0.731. The van der Waals surface area contributed by atoms with Crippen LogP contribution in [0.1, 0.15) is 58.4 Å². The van der Waals surface area contributed by atoms with Crippen LogP contribution in [0, 0.1) is 10.6 Å². The Bertz CT molecular complexity index is 667. The van der Waals surface area contributed by atoms with E-state index in [4.69, 9.17) is 0 Å². The molecule has 1 aliphatic rings. The van der Waals surface area contributed by atoms with Gasteiger partial charge in [-0.15, -0.1) is 0 Å². The molecule has 1 saturated heterocycles. The number of Topliss-reactive ketones (excluding diaryl/α,β-unsaturated/α-hetero) is 2. The van der Waals surface area contributed by atoms with Crippen LogP contribution in [0.25, 0.3) is 0 Å². The average Bonchev–Trinajstić information content (AvgIpc) is 3.09. The van der Waals surface area contributed by atoms with Crippen LogP contribution in [0.15, 0.2) is 24.5 Å². The summed E-state index contributed by atoms with van der Waals surface area (Å²) in [5, 5.41) is 11.1. The topological polar surface area (TPSA) is 81.4 Å². The van der Waals surface area contributed by atoms with Gasteiger partial charge in [0.2, 0.25) is 5.78 Å². The third-order valence-electron chi connectivity index (χ3n) is 5.11. The lowest BCUT2D eigenvalue weighted by Crippen LogP contribution is -2.48. The van der Waals surface area contributed by atoms with Crippen molar-refractivity contribution in [2.45, 2.75) is 65.3 Å². The molecule has 1 fully saturated rings. The van der Waals surface area contributed by atoms with E-state index in [2.05, 4.69) is 0 Å². The van der Waals surface area contributed by atoms with E-state index < -0.39 is 23.1 Å². The molecule has 142 valence electrons. The molecule has 1 atom stereocenters. The third kappa shape index (κ3) is 4.68. The fourth-order valence-electron chi connectivity index (χ4n) is 3.42. The van der Waals surface area contributed by atoms with E-state index in [1.807, 2.05) is 20.8 Å². The lowest BCUT2D eigenvalue weighted by atomic mass is 9.78. The molecule has 0 N–H and O–H groups in total. The van der Waals surface area contributed by atoms with Gasteiger partial charge in [-0.05, 0) is 37.7 Å². The molecule has 0 saturated carbocycles. The molecule has 1 aromatic rings. The maximum atomic E-state index is 13.1. The summed E-state index contributed by atoms with van der Waals surface area (Å²) in [5.74, 6) is -0.899. The van der Waals surface area contributed by atoms with Gasteiger partial charge >= 0.3 is 0 Å². The van der Waals surface area contributed by atoms with Gasteiger partial charge in [-0.3, -0.25) is 14.4 Å². The summed E-state index contributed by atoms with van der Waals surface area (Å²) in [5.41, 5.74) is 0.389. The number of carbonyl (C=O) groups excluding carboxylic acids is 3. The Balaban J connectivity index is 2.03. The van der Waals surface area contributed by atoms with Crippen molar-refractivity contribution in [1.82, 2.24) is 4.90 Å². The molecule has 1 aliphatic heterocycles. The first kappa shape index (κ1) is 20.1. The number of amides is 1. The van der Waals surface area contributed by atoms with Crippen LogP contribution in [0.4, 0.5) is 0 Å². The minimum absolute atomic E-state index is 0.0162. The van der Waals surface area contributed by atoms with Gasteiger partial charge in [0, 0.05) is 30.5 Å².